The molecule has 0 saturated carbocycles. The van der Waals surface area contributed by atoms with Crippen molar-refractivity contribution < 1.29 is 4.92 Å². The van der Waals surface area contributed by atoms with Crippen molar-refractivity contribution in [3.05, 3.63) is 38.9 Å². The summed E-state index contributed by atoms with van der Waals surface area (Å²) in [5, 5.41) is 11.1. The topological polar surface area (TPSA) is 49.6 Å². The van der Waals surface area contributed by atoms with Crippen molar-refractivity contribution in [2.45, 2.75) is 19.4 Å². The second-order valence-corrected chi connectivity index (χ2v) is 6.39. The van der Waals surface area contributed by atoms with Gasteiger partial charge in [-0.05, 0) is 57.6 Å². The van der Waals surface area contributed by atoms with Gasteiger partial charge in [-0.15, -0.1) is 0 Å². The van der Waals surface area contributed by atoms with Gasteiger partial charge in [-0.25, -0.2) is 0 Å². The van der Waals surface area contributed by atoms with Gasteiger partial charge in [-0.2, -0.15) is 0 Å². The zero-order chi connectivity index (χ0) is 15.4. The molecule has 2 rings (SSSR count). The first kappa shape index (κ1) is 16.2. The Morgan fingerprint density at radius 3 is 2.71 bits per heavy atom. The van der Waals surface area contributed by atoms with Crippen LogP contribution in [0, 0.1) is 16.0 Å². The molecular formula is C15H22ClN3O2. The Morgan fingerprint density at radius 1 is 1.43 bits per heavy atom. The summed E-state index contributed by atoms with van der Waals surface area (Å²) in [6.45, 7) is 4.06. The lowest BCUT2D eigenvalue weighted by Crippen LogP contribution is -2.35. The fourth-order valence-corrected chi connectivity index (χ4v) is 3.04. The van der Waals surface area contributed by atoms with E-state index >= 15 is 0 Å². The Balaban J connectivity index is 1.92. The minimum absolute atomic E-state index is 0.0122. The van der Waals surface area contributed by atoms with E-state index in [-0.39, 0.29) is 10.7 Å². The van der Waals surface area contributed by atoms with Gasteiger partial charge in [0, 0.05) is 19.2 Å². The Hall–Kier alpha value is -1.17. The van der Waals surface area contributed by atoms with E-state index in [0.29, 0.717) is 12.5 Å². The van der Waals surface area contributed by atoms with Crippen molar-refractivity contribution in [3.63, 3.8) is 0 Å². The van der Waals surface area contributed by atoms with Crippen LogP contribution in [0.3, 0.4) is 0 Å². The van der Waals surface area contributed by atoms with Gasteiger partial charge in [0.25, 0.3) is 5.69 Å². The Morgan fingerprint density at radius 2 is 2.10 bits per heavy atom. The second-order valence-electron chi connectivity index (χ2n) is 5.99. The molecule has 1 fully saturated rings. The number of benzene rings is 1. The molecule has 0 N–H and O–H groups in total. The van der Waals surface area contributed by atoms with Crippen molar-refractivity contribution in [2.24, 2.45) is 5.92 Å². The minimum atomic E-state index is -0.428. The van der Waals surface area contributed by atoms with Gasteiger partial charge < -0.3 is 9.80 Å². The van der Waals surface area contributed by atoms with Crippen LogP contribution in [0.15, 0.2) is 18.2 Å². The zero-order valence-electron chi connectivity index (χ0n) is 12.6. The number of likely N-dealkylation sites (tertiary alicyclic amines) is 1. The smallest absolute Gasteiger partial charge is 0.288 e. The molecule has 1 aliphatic rings. The molecule has 1 aromatic rings. The van der Waals surface area contributed by atoms with Crippen LogP contribution in [0.2, 0.25) is 5.02 Å². The average Bonchev–Trinajstić information content (AvgIpc) is 2.43. The minimum Gasteiger partial charge on any atom is -0.306 e. The van der Waals surface area contributed by atoms with Gasteiger partial charge in [0.1, 0.15) is 5.02 Å². The maximum Gasteiger partial charge on any atom is 0.288 e. The molecule has 116 valence electrons. The SMILES string of the molecule is CN1CCC(CN(C)Cc2ccc(Cl)c([N+](=O)[O-])c2)CC1. The maximum atomic E-state index is 10.9. The van der Waals surface area contributed by atoms with Crippen molar-refractivity contribution in [3.8, 4) is 0 Å². The molecule has 0 spiro atoms. The normalized spacial score (nSPS) is 17.3. The van der Waals surface area contributed by atoms with Crippen LogP contribution in [0.1, 0.15) is 18.4 Å². The molecule has 6 heteroatoms. The molecular weight excluding hydrogens is 290 g/mol. The molecule has 21 heavy (non-hydrogen) atoms. The van der Waals surface area contributed by atoms with E-state index in [9.17, 15) is 10.1 Å². The van der Waals surface area contributed by atoms with Crippen LogP contribution in [-0.2, 0) is 6.54 Å². The third-order valence-electron chi connectivity index (χ3n) is 4.07. The summed E-state index contributed by atoms with van der Waals surface area (Å²) < 4.78 is 0. The largest absolute Gasteiger partial charge is 0.306 e. The number of nitro groups is 1. The van der Waals surface area contributed by atoms with Gasteiger partial charge >= 0.3 is 0 Å². The summed E-state index contributed by atoms with van der Waals surface area (Å²) in [5.74, 6) is 0.716. The lowest BCUT2D eigenvalue weighted by molar-refractivity contribution is -0.384. The standard InChI is InChI=1S/C15H22ClN3O2/c1-17-7-5-12(6-8-17)10-18(2)11-13-3-4-14(16)15(9-13)19(20)21/h3-4,9,12H,5-8,10-11H2,1-2H3. The summed E-state index contributed by atoms with van der Waals surface area (Å²) in [7, 11) is 4.23. The number of nitrogens with zero attached hydrogens (tertiary/aromatic N) is 3. The van der Waals surface area contributed by atoms with E-state index in [4.69, 9.17) is 11.6 Å². The van der Waals surface area contributed by atoms with E-state index in [1.165, 1.54) is 12.8 Å². The van der Waals surface area contributed by atoms with Crippen LogP contribution >= 0.6 is 11.6 Å². The van der Waals surface area contributed by atoms with Crippen molar-refractivity contribution >= 4 is 17.3 Å². The predicted octanol–water partition coefficient (Wildman–Crippen LogP) is 3.02. The molecule has 0 aromatic heterocycles. The molecule has 0 aliphatic carbocycles. The van der Waals surface area contributed by atoms with Crippen molar-refractivity contribution in [1.29, 1.82) is 0 Å². The first-order chi connectivity index (χ1) is 9.95. The third kappa shape index (κ3) is 4.66. The van der Waals surface area contributed by atoms with Crippen LogP contribution in [0.5, 0.6) is 0 Å². The van der Waals surface area contributed by atoms with Crippen LogP contribution in [-0.4, -0.2) is 48.5 Å². The highest BCUT2D eigenvalue weighted by Crippen LogP contribution is 2.26. The van der Waals surface area contributed by atoms with E-state index in [2.05, 4.69) is 23.9 Å². The van der Waals surface area contributed by atoms with E-state index in [1.54, 1.807) is 12.1 Å². The first-order valence-corrected chi connectivity index (χ1v) is 7.63. The molecule has 0 bridgehead atoms. The summed E-state index contributed by atoms with van der Waals surface area (Å²) in [4.78, 5) is 15.1. The molecule has 5 nitrogen and oxygen atoms in total. The molecule has 0 atom stereocenters. The number of rotatable bonds is 5. The van der Waals surface area contributed by atoms with Gasteiger partial charge in [0.05, 0.1) is 4.92 Å². The van der Waals surface area contributed by atoms with Gasteiger partial charge in [0.15, 0.2) is 0 Å². The van der Waals surface area contributed by atoms with Crippen molar-refractivity contribution in [2.75, 3.05) is 33.7 Å². The fourth-order valence-electron chi connectivity index (χ4n) is 2.86. The highest BCUT2D eigenvalue weighted by Gasteiger charge is 2.19. The number of halogens is 1. The molecule has 1 aromatic carbocycles. The Bertz CT molecular complexity index is 502. The van der Waals surface area contributed by atoms with E-state index in [0.717, 1.165) is 25.2 Å². The zero-order valence-corrected chi connectivity index (χ0v) is 13.3. The quantitative estimate of drug-likeness (QED) is 0.619. The van der Waals surface area contributed by atoms with E-state index < -0.39 is 4.92 Å². The van der Waals surface area contributed by atoms with Crippen LogP contribution in [0.4, 0.5) is 5.69 Å². The second kappa shape index (κ2) is 7.20. The van der Waals surface area contributed by atoms with Gasteiger partial charge in [-0.1, -0.05) is 17.7 Å². The third-order valence-corrected chi connectivity index (χ3v) is 4.39. The highest BCUT2D eigenvalue weighted by atomic mass is 35.5. The number of hydrogen-bond acceptors (Lipinski definition) is 4. The van der Waals surface area contributed by atoms with E-state index in [1.807, 2.05) is 6.07 Å². The Kier molecular flexibility index (Phi) is 5.56. The number of piperidine rings is 1. The molecule has 0 unspecified atom stereocenters. The monoisotopic (exact) mass is 311 g/mol. The average molecular weight is 312 g/mol. The lowest BCUT2D eigenvalue weighted by Gasteiger charge is -2.31. The molecule has 0 radical (unpaired) electrons. The van der Waals surface area contributed by atoms with Gasteiger partial charge in [-0.3, -0.25) is 10.1 Å². The van der Waals surface area contributed by atoms with Gasteiger partial charge in [0.2, 0.25) is 0 Å². The maximum absolute atomic E-state index is 10.9. The molecule has 1 saturated heterocycles. The molecule has 0 amide bonds. The predicted molar refractivity (Wildman–Crippen MR) is 84.7 cm³/mol. The number of hydrogen-bond donors (Lipinski definition) is 0. The van der Waals surface area contributed by atoms with Crippen LogP contribution in [0.25, 0.3) is 0 Å². The van der Waals surface area contributed by atoms with Crippen molar-refractivity contribution in [1.82, 2.24) is 9.80 Å². The molecule has 1 heterocycles. The molecule has 1 aliphatic heterocycles. The summed E-state index contributed by atoms with van der Waals surface area (Å²) in [6.07, 6.45) is 2.45. The summed E-state index contributed by atoms with van der Waals surface area (Å²) in [5.41, 5.74) is 0.920. The Labute approximate surface area is 130 Å². The summed E-state index contributed by atoms with van der Waals surface area (Å²) in [6, 6.07) is 5.05. The first-order valence-electron chi connectivity index (χ1n) is 7.25. The lowest BCUT2D eigenvalue weighted by atomic mass is 9.96. The summed E-state index contributed by atoms with van der Waals surface area (Å²) >= 11 is 5.84. The highest BCUT2D eigenvalue weighted by molar-refractivity contribution is 6.32. The van der Waals surface area contributed by atoms with Crippen LogP contribution < -0.4 is 0 Å². The fraction of sp³-hybridized carbons (Fsp3) is 0.600. The number of nitro benzene ring substituents is 1.